The lowest BCUT2D eigenvalue weighted by Gasteiger charge is -2.29. The van der Waals surface area contributed by atoms with Crippen molar-refractivity contribution in [1.82, 2.24) is 4.90 Å². The molecule has 0 amide bonds. The maximum atomic E-state index is 5.89. The molecule has 0 aromatic carbocycles. The van der Waals surface area contributed by atoms with Gasteiger partial charge in [-0.15, -0.1) is 0 Å². The second kappa shape index (κ2) is 6.41. The smallest absolute Gasteiger partial charge is 0.00390 e. The largest absolute Gasteiger partial charge is 0.328 e. The van der Waals surface area contributed by atoms with Crippen molar-refractivity contribution >= 4 is 0 Å². The van der Waals surface area contributed by atoms with E-state index in [1.807, 2.05) is 0 Å². The molecular formula is C12H26N2. The first-order valence-electron chi connectivity index (χ1n) is 6.16. The highest BCUT2D eigenvalue weighted by atomic mass is 15.1. The van der Waals surface area contributed by atoms with Crippen molar-refractivity contribution < 1.29 is 0 Å². The van der Waals surface area contributed by atoms with Gasteiger partial charge >= 0.3 is 0 Å². The Morgan fingerprint density at radius 2 is 1.86 bits per heavy atom. The molecule has 1 rings (SSSR count). The summed E-state index contributed by atoms with van der Waals surface area (Å²) in [7, 11) is 2.25. The summed E-state index contributed by atoms with van der Waals surface area (Å²) in [5.74, 6) is 0.914. The predicted molar refractivity (Wildman–Crippen MR) is 62.3 cm³/mol. The zero-order valence-corrected chi connectivity index (χ0v) is 9.84. The van der Waals surface area contributed by atoms with E-state index in [9.17, 15) is 0 Å². The Labute approximate surface area is 88.8 Å². The minimum absolute atomic E-state index is 0.493. The lowest BCUT2D eigenvalue weighted by molar-refractivity contribution is 0.222. The maximum Gasteiger partial charge on any atom is 0.00390 e. The van der Waals surface area contributed by atoms with Crippen LogP contribution >= 0.6 is 0 Å². The third-order valence-corrected chi connectivity index (χ3v) is 3.35. The number of nitrogens with zero attached hydrogens (tertiary/aromatic N) is 1. The molecule has 0 bridgehead atoms. The number of unbranched alkanes of at least 4 members (excludes halogenated alkanes) is 1. The van der Waals surface area contributed by atoms with Crippen molar-refractivity contribution in [3.8, 4) is 0 Å². The standard InChI is InChI=1S/C12H26N2/c1-3-4-9-14(2)10-11-5-7-12(13)8-6-11/h11-12H,3-10,13H2,1-2H3. The summed E-state index contributed by atoms with van der Waals surface area (Å²) in [6.07, 6.45) is 7.82. The van der Waals surface area contributed by atoms with E-state index < -0.39 is 0 Å². The van der Waals surface area contributed by atoms with Gasteiger partial charge in [0.1, 0.15) is 0 Å². The first kappa shape index (κ1) is 12.0. The summed E-state index contributed by atoms with van der Waals surface area (Å²) in [6, 6.07) is 0.493. The van der Waals surface area contributed by atoms with Crippen LogP contribution < -0.4 is 5.73 Å². The molecule has 0 radical (unpaired) electrons. The van der Waals surface area contributed by atoms with Gasteiger partial charge in [-0.25, -0.2) is 0 Å². The highest BCUT2D eigenvalue weighted by Crippen LogP contribution is 2.23. The van der Waals surface area contributed by atoms with Crippen molar-refractivity contribution in [3.05, 3.63) is 0 Å². The average molecular weight is 198 g/mol. The molecule has 0 aromatic heterocycles. The van der Waals surface area contributed by atoms with Crippen LogP contribution in [0.1, 0.15) is 45.4 Å². The molecule has 0 aromatic rings. The van der Waals surface area contributed by atoms with Gasteiger partial charge in [0.05, 0.1) is 0 Å². The Morgan fingerprint density at radius 3 is 2.43 bits per heavy atom. The molecule has 0 aliphatic heterocycles. The fourth-order valence-corrected chi connectivity index (χ4v) is 2.33. The van der Waals surface area contributed by atoms with E-state index in [0.29, 0.717) is 6.04 Å². The Bertz CT molecular complexity index is 139. The predicted octanol–water partition coefficient (Wildman–Crippen LogP) is 2.24. The van der Waals surface area contributed by atoms with E-state index in [-0.39, 0.29) is 0 Å². The van der Waals surface area contributed by atoms with E-state index in [1.54, 1.807) is 0 Å². The second-order valence-electron chi connectivity index (χ2n) is 4.90. The zero-order valence-electron chi connectivity index (χ0n) is 9.84. The van der Waals surface area contributed by atoms with E-state index in [1.165, 1.54) is 51.6 Å². The van der Waals surface area contributed by atoms with Crippen LogP contribution in [0.15, 0.2) is 0 Å². The van der Waals surface area contributed by atoms with Crippen molar-refractivity contribution in [2.45, 2.75) is 51.5 Å². The van der Waals surface area contributed by atoms with Crippen LogP contribution in [0.3, 0.4) is 0 Å². The van der Waals surface area contributed by atoms with Gasteiger partial charge in [-0.2, -0.15) is 0 Å². The van der Waals surface area contributed by atoms with Crippen LogP contribution in [-0.4, -0.2) is 31.1 Å². The molecule has 2 heteroatoms. The van der Waals surface area contributed by atoms with Crippen LogP contribution in [0.5, 0.6) is 0 Å². The average Bonchev–Trinajstić information content (AvgIpc) is 2.18. The van der Waals surface area contributed by atoms with Crippen LogP contribution in [0.25, 0.3) is 0 Å². The first-order chi connectivity index (χ1) is 6.72. The third-order valence-electron chi connectivity index (χ3n) is 3.35. The number of hydrogen-bond donors (Lipinski definition) is 1. The van der Waals surface area contributed by atoms with E-state index >= 15 is 0 Å². The molecule has 0 saturated heterocycles. The molecular weight excluding hydrogens is 172 g/mol. The molecule has 1 saturated carbocycles. The van der Waals surface area contributed by atoms with Gasteiger partial charge in [0, 0.05) is 12.6 Å². The normalized spacial score (nSPS) is 28.3. The second-order valence-corrected chi connectivity index (χ2v) is 4.90. The van der Waals surface area contributed by atoms with Crippen LogP contribution in [0.4, 0.5) is 0 Å². The summed E-state index contributed by atoms with van der Waals surface area (Å²) < 4.78 is 0. The molecule has 1 aliphatic carbocycles. The van der Waals surface area contributed by atoms with Gasteiger partial charge in [0.15, 0.2) is 0 Å². The molecule has 0 heterocycles. The lowest BCUT2D eigenvalue weighted by Crippen LogP contribution is -2.33. The quantitative estimate of drug-likeness (QED) is 0.734. The van der Waals surface area contributed by atoms with Gasteiger partial charge < -0.3 is 10.6 Å². The summed E-state index contributed by atoms with van der Waals surface area (Å²) in [6.45, 7) is 4.80. The highest BCUT2D eigenvalue weighted by molar-refractivity contribution is 4.75. The number of rotatable bonds is 5. The Kier molecular flexibility index (Phi) is 5.49. The topological polar surface area (TPSA) is 29.3 Å². The molecule has 2 N–H and O–H groups in total. The van der Waals surface area contributed by atoms with Gasteiger partial charge in [0.2, 0.25) is 0 Å². The van der Waals surface area contributed by atoms with Crippen molar-refractivity contribution in [3.63, 3.8) is 0 Å². The number of nitrogens with two attached hydrogens (primary N) is 1. The fraction of sp³-hybridized carbons (Fsp3) is 1.00. The third kappa shape index (κ3) is 4.43. The Morgan fingerprint density at radius 1 is 1.21 bits per heavy atom. The molecule has 2 nitrogen and oxygen atoms in total. The van der Waals surface area contributed by atoms with E-state index in [0.717, 1.165) is 5.92 Å². The zero-order chi connectivity index (χ0) is 10.4. The van der Waals surface area contributed by atoms with Crippen molar-refractivity contribution in [1.29, 1.82) is 0 Å². The fourth-order valence-electron chi connectivity index (χ4n) is 2.33. The molecule has 0 spiro atoms. The molecule has 1 aliphatic rings. The molecule has 84 valence electrons. The molecule has 0 unspecified atom stereocenters. The molecule has 0 atom stereocenters. The SMILES string of the molecule is CCCCN(C)CC1CCC(N)CC1. The molecule has 1 fully saturated rings. The summed E-state index contributed by atoms with van der Waals surface area (Å²) in [5.41, 5.74) is 5.89. The summed E-state index contributed by atoms with van der Waals surface area (Å²) in [5, 5.41) is 0. The molecule has 14 heavy (non-hydrogen) atoms. The van der Waals surface area contributed by atoms with Crippen molar-refractivity contribution in [2.24, 2.45) is 11.7 Å². The van der Waals surface area contributed by atoms with Gasteiger partial charge in [-0.3, -0.25) is 0 Å². The first-order valence-corrected chi connectivity index (χ1v) is 6.16. The van der Waals surface area contributed by atoms with Crippen LogP contribution in [0, 0.1) is 5.92 Å². The van der Waals surface area contributed by atoms with Gasteiger partial charge in [0.25, 0.3) is 0 Å². The summed E-state index contributed by atoms with van der Waals surface area (Å²) >= 11 is 0. The Hall–Kier alpha value is -0.0800. The minimum atomic E-state index is 0.493. The Balaban J connectivity index is 2.10. The van der Waals surface area contributed by atoms with Crippen LogP contribution in [-0.2, 0) is 0 Å². The van der Waals surface area contributed by atoms with E-state index in [2.05, 4.69) is 18.9 Å². The highest BCUT2D eigenvalue weighted by Gasteiger charge is 2.19. The van der Waals surface area contributed by atoms with Crippen molar-refractivity contribution in [2.75, 3.05) is 20.1 Å². The minimum Gasteiger partial charge on any atom is -0.328 e. The lowest BCUT2D eigenvalue weighted by atomic mass is 9.86. The monoisotopic (exact) mass is 198 g/mol. The van der Waals surface area contributed by atoms with Gasteiger partial charge in [-0.05, 0) is 51.6 Å². The summed E-state index contributed by atoms with van der Waals surface area (Å²) in [4.78, 5) is 2.49. The van der Waals surface area contributed by atoms with E-state index in [4.69, 9.17) is 5.73 Å². The maximum absolute atomic E-state index is 5.89. The number of hydrogen-bond acceptors (Lipinski definition) is 2. The van der Waals surface area contributed by atoms with Gasteiger partial charge in [-0.1, -0.05) is 13.3 Å². The van der Waals surface area contributed by atoms with Crippen LogP contribution in [0.2, 0.25) is 0 Å².